The van der Waals surface area contributed by atoms with Crippen molar-refractivity contribution in [3.05, 3.63) is 52.0 Å². The van der Waals surface area contributed by atoms with E-state index in [0.717, 1.165) is 28.0 Å². The number of nitrogens with one attached hydrogen (secondary N) is 1. The highest BCUT2D eigenvalue weighted by atomic mass is 35.5. The van der Waals surface area contributed by atoms with Gasteiger partial charge in [0.05, 0.1) is 14.2 Å². The lowest BCUT2D eigenvalue weighted by Crippen LogP contribution is -2.50. The normalized spacial score (nSPS) is 13.9. The summed E-state index contributed by atoms with van der Waals surface area (Å²) in [5, 5.41) is 3.49. The molecule has 1 aliphatic heterocycles. The van der Waals surface area contributed by atoms with Gasteiger partial charge in [-0.3, -0.25) is 9.59 Å². The van der Waals surface area contributed by atoms with Crippen molar-refractivity contribution >= 4 is 35.2 Å². The monoisotopic (exact) mass is 462 g/mol. The number of hydrogen-bond acceptors (Lipinski definition) is 5. The Hall–Kier alpha value is -2.38. The van der Waals surface area contributed by atoms with Gasteiger partial charge in [-0.15, -0.1) is 11.8 Å². The van der Waals surface area contributed by atoms with Gasteiger partial charge in [-0.2, -0.15) is 0 Å². The van der Waals surface area contributed by atoms with Gasteiger partial charge in [-0.25, -0.2) is 0 Å². The van der Waals surface area contributed by atoms with E-state index < -0.39 is 6.04 Å². The molecule has 1 aliphatic rings. The zero-order chi connectivity index (χ0) is 22.5. The van der Waals surface area contributed by atoms with E-state index in [1.165, 1.54) is 18.7 Å². The van der Waals surface area contributed by atoms with Crippen LogP contribution in [-0.4, -0.2) is 49.3 Å². The minimum absolute atomic E-state index is 0.0960. The van der Waals surface area contributed by atoms with Crippen LogP contribution in [0.25, 0.3) is 0 Å². The smallest absolute Gasteiger partial charge is 0.246 e. The third-order valence-electron chi connectivity index (χ3n) is 5.27. The molecule has 0 saturated carbocycles. The highest BCUT2D eigenvalue weighted by Crippen LogP contribution is 2.33. The van der Waals surface area contributed by atoms with Crippen molar-refractivity contribution in [2.45, 2.75) is 37.8 Å². The average Bonchev–Trinajstić information content (AvgIpc) is 2.76. The number of halogens is 1. The zero-order valence-corrected chi connectivity index (χ0v) is 19.7. The molecule has 0 aromatic heterocycles. The zero-order valence-electron chi connectivity index (χ0n) is 18.2. The second kappa shape index (κ2) is 10.3. The molecule has 0 bridgehead atoms. The van der Waals surface area contributed by atoms with Crippen LogP contribution in [0.15, 0.2) is 35.2 Å². The SMILES string of the molecule is COc1cc2c(cc1OC)CN(C(=O)C(CSc1ccc(C)c(Cl)c1)NC(C)=O)CC2. The Kier molecular flexibility index (Phi) is 7.73. The molecule has 2 aromatic rings. The second-order valence-corrected chi connectivity index (χ2v) is 8.96. The topological polar surface area (TPSA) is 67.9 Å². The first-order valence-corrected chi connectivity index (χ1v) is 11.4. The molecule has 2 amide bonds. The van der Waals surface area contributed by atoms with E-state index >= 15 is 0 Å². The molecule has 0 fully saturated rings. The number of methoxy groups -OCH3 is 2. The Bertz CT molecular complexity index is 982. The number of nitrogens with zero attached hydrogens (tertiary/aromatic N) is 1. The first-order chi connectivity index (χ1) is 14.8. The Morgan fingerprint density at radius 3 is 2.45 bits per heavy atom. The van der Waals surface area contributed by atoms with Gasteiger partial charge in [0.2, 0.25) is 11.8 Å². The number of ether oxygens (including phenoxy) is 2. The predicted molar refractivity (Wildman–Crippen MR) is 123 cm³/mol. The Labute approximate surface area is 192 Å². The van der Waals surface area contributed by atoms with E-state index in [9.17, 15) is 9.59 Å². The Balaban J connectivity index is 1.74. The summed E-state index contributed by atoms with van der Waals surface area (Å²) in [5.41, 5.74) is 3.16. The fourth-order valence-corrected chi connectivity index (χ4v) is 4.75. The van der Waals surface area contributed by atoms with Gasteiger partial charge in [0.15, 0.2) is 11.5 Å². The summed E-state index contributed by atoms with van der Waals surface area (Å²) in [6.45, 7) is 4.42. The lowest BCUT2D eigenvalue weighted by molar-refractivity contribution is -0.136. The maximum Gasteiger partial charge on any atom is 0.246 e. The van der Waals surface area contributed by atoms with Gasteiger partial charge < -0.3 is 19.7 Å². The van der Waals surface area contributed by atoms with Gasteiger partial charge in [-0.05, 0) is 54.3 Å². The van der Waals surface area contributed by atoms with E-state index in [1.54, 1.807) is 19.1 Å². The molecule has 1 N–H and O–H groups in total. The van der Waals surface area contributed by atoms with E-state index in [4.69, 9.17) is 21.1 Å². The minimum Gasteiger partial charge on any atom is -0.493 e. The number of benzene rings is 2. The average molecular weight is 463 g/mol. The summed E-state index contributed by atoms with van der Waals surface area (Å²) < 4.78 is 10.8. The van der Waals surface area contributed by atoms with Crippen LogP contribution in [0, 0.1) is 6.92 Å². The van der Waals surface area contributed by atoms with Crippen LogP contribution >= 0.6 is 23.4 Å². The summed E-state index contributed by atoms with van der Waals surface area (Å²) in [6, 6.07) is 9.07. The lowest BCUT2D eigenvalue weighted by Gasteiger charge is -2.32. The molecule has 3 rings (SSSR count). The third-order valence-corrected chi connectivity index (χ3v) is 6.76. The van der Waals surface area contributed by atoms with E-state index in [2.05, 4.69) is 5.32 Å². The van der Waals surface area contributed by atoms with Gasteiger partial charge in [0.1, 0.15) is 6.04 Å². The standard InChI is InChI=1S/C23H27ClN2O4S/c1-14-5-6-18(11-19(14)24)31-13-20(25-15(2)27)23(28)26-8-7-16-9-21(29-3)22(30-4)10-17(16)12-26/h5-6,9-11,20H,7-8,12-13H2,1-4H3,(H,25,27). The maximum atomic E-state index is 13.3. The molecule has 166 valence electrons. The molecule has 0 radical (unpaired) electrons. The first-order valence-electron chi connectivity index (χ1n) is 10.0. The maximum absolute atomic E-state index is 13.3. The highest BCUT2D eigenvalue weighted by Gasteiger charge is 2.29. The van der Waals surface area contributed by atoms with E-state index in [0.29, 0.717) is 35.4 Å². The minimum atomic E-state index is -0.621. The van der Waals surface area contributed by atoms with E-state index in [1.807, 2.05) is 37.3 Å². The number of carbonyl (C=O) groups excluding carboxylic acids is 2. The molecule has 0 spiro atoms. The van der Waals surface area contributed by atoms with Crippen molar-refractivity contribution in [2.75, 3.05) is 26.5 Å². The van der Waals surface area contributed by atoms with Crippen molar-refractivity contribution < 1.29 is 19.1 Å². The molecule has 31 heavy (non-hydrogen) atoms. The van der Waals surface area contributed by atoms with Crippen LogP contribution in [-0.2, 0) is 22.6 Å². The van der Waals surface area contributed by atoms with Gasteiger partial charge in [0.25, 0.3) is 0 Å². The van der Waals surface area contributed by atoms with Crippen LogP contribution < -0.4 is 14.8 Å². The molecule has 6 nitrogen and oxygen atoms in total. The molecule has 8 heteroatoms. The molecular formula is C23H27ClN2O4S. The first kappa shape index (κ1) is 23.3. The summed E-state index contributed by atoms with van der Waals surface area (Å²) in [5.74, 6) is 1.42. The fourth-order valence-electron chi connectivity index (χ4n) is 3.55. The molecule has 0 saturated heterocycles. The second-order valence-electron chi connectivity index (χ2n) is 7.46. The molecule has 0 aliphatic carbocycles. The summed E-state index contributed by atoms with van der Waals surface area (Å²) in [4.78, 5) is 27.8. The number of rotatable bonds is 7. The lowest BCUT2D eigenvalue weighted by atomic mass is 9.98. The molecule has 2 aromatic carbocycles. The molecule has 1 atom stereocenters. The number of thioether (sulfide) groups is 1. The van der Waals surface area contributed by atoms with Crippen molar-refractivity contribution in [3.63, 3.8) is 0 Å². The summed E-state index contributed by atoms with van der Waals surface area (Å²) >= 11 is 7.71. The fraction of sp³-hybridized carbons (Fsp3) is 0.391. The number of hydrogen-bond donors (Lipinski definition) is 1. The predicted octanol–water partition coefficient (Wildman–Crippen LogP) is 3.85. The van der Waals surface area contributed by atoms with Crippen molar-refractivity contribution in [1.29, 1.82) is 0 Å². The van der Waals surface area contributed by atoms with Crippen LogP contribution in [0.1, 0.15) is 23.6 Å². The number of fused-ring (bicyclic) bond motifs is 1. The summed E-state index contributed by atoms with van der Waals surface area (Å²) in [7, 11) is 3.21. The van der Waals surface area contributed by atoms with Crippen molar-refractivity contribution in [3.8, 4) is 11.5 Å². The Morgan fingerprint density at radius 1 is 1.16 bits per heavy atom. The largest absolute Gasteiger partial charge is 0.493 e. The van der Waals surface area contributed by atoms with Crippen LogP contribution in [0.5, 0.6) is 11.5 Å². The van der Waals surface area contributed by atoms with Crippen LogP contribution in [0.4, 0.5) is 0 Å². The van der Waals surface area contributed by atoms with Gasteiger partial charge in [-0.1, -0.05) is 17.7 Å². The number of amides is 2. The number of aryl methyl sites for hydroxylation is 1. The van der Waals surface area contributed by atoms with Crippen LogP contribution in [0.2, 0.25) is 5.02 Å². The van der Waals surface area contributed by atoms with Crippen LogP contribution in [0.3, 0.4) is 0 Å². The van der Waals surface area contributed by atoms with Gasteiger partial charge >= 0.3 is 0 Å². The van der Waals surface area contributed by atoms with Gasteiger partial charge in [0, 0.05) is 35.7 Å². The molecule has 1 unspecified atom stereocenters. The summed E-state index contributed by atoms with van der Waals surface area (Å²) in [6.07, 6.45) is 0.717. The quantitative estimate of drug-likeness (QED) is 0.633. The van der Waals surface area contributed by atoms with E-state index in [-0.39, 0.29) is 11.8 Å². The molecule has 1 heterocycles. The number of carbonyl (C=O) groups is 2. The third kappa shape index (κ3) is 5.66. The highest BCUT2D eigenvalue weighted by molar-refractivity contribution is 7.99. The molecular weight excluding hydrogens is 436 g/mol. The van der Waals surface area contributed by atoms with Crippen molar-refractivity contribution in [2.24, 2.45) is 0 Å². The van der Waals surface area contributed by atoms with Crippen molar-refractivity contribution in [1.82, 2.24) is 10.2 Å². The Morgan fingerprint density at radius 2 is 1.84 bits per heavy atom.